The van der Waals surface area contributed by atoms with Crippen LogP contribution in [0.1, 0.15) is 51.1 Å². The topological polar surface area (TPSA) is 128 Å². The number of nitrogens with zero attached hydrogens (tertiary/aromatic N) is 1. The number of nitrogens with one attached hydrogen (secondary N) is 3. The van der Waals surface area contributed by atoms with Crippen molar-refractivity contribution < 1.29 is 24.0 Å². The zero-order chi connectivity index (χ0) is 24.0. The fourth-order valence-electron chi connectivity index (χ4n) is 4.65. The Morgan fingerprint density at radius 1 is 1.09 bits per heavy atom. The number of piperidine rings is 1. The summed E-state index contributed by atoms with van der Waals surface area (Å²) >= 11 is 0. The number of anilines is 1. The van der Waals surface area contributed by atoms with Crippen LogP contribution in [-0.4, -0.2) is 45.5 Å². The summed E-state index contributed by atoms with van der Waals surface area (Å²) in [7, 11) is 0. The van der Waals surface area contributed by atoms with Crippen molar-refractivity contribution in [2.45, 2.75) is 38.6 Å². The summed E-state index contributed by atoms with van der Waals surface area (Å²) in [6.07, 6.45) is 2.69. The van der Waals surface area contributed by atoms with Crippen molar-refractivity contribution in [2.75, 3.05) is 5.32 Å². The van der Waals surface area contributed by atoms with E-state index in [0.717, 1.165) is 26.9 Å². The number of hydrogen-bond donors (Lipinski definition) is 3. The first-order valence-electron chi connectivity index (χ1n) is 11.0. The summed E-state index contributed by atoms with van der Waals surface area (Å²) in [6, 6.07) is 9.57. The Morgan fingerprint density at radius 2 is 1.88 bits per heavy atom. The maximum atomic E-state index is 13.1. The normalized spacial score (nSPS) is 17.8. The SMILES string of the molecule is Cc1cccc2c(CCC(=O)Nc3cccc4c3C(=O)N(C3CCC(=O)NC3=O)C4=O)c[nH]c12. The molecule has 0 spiro atoms. The number of para-hydroxylation sites is 1. The van der Waals surface area contributed by atoms with E-state index in [1.54, 1.807) is 12.1 Å². The highest BCUT2D eigenvalue weighted by Crippen LogP contribution is 2.32. The number of aromatic nitrogens is 1. The molecule has 0 bridgehead atoms. The minimum Gasteiger partial charge on any atom is -0.361 e. The van der Waals surface area contributed by atoms with Crippen LogP contribution in [0, 0.1) is 6.92 Å². The Kier molecular flexibility index (Phi) is 5.24. The number of hydrogen-bond acceptors (Lipinski definition) is 5. The molecule has 1 atom stereocenters. The number of carbonyl (C=O) groups is 5. The van der Waals surface area contributed by atoms with E-state index in [2.05, 4.69) is 15.6 Å². The van der Waals surface area contributed by atoms with Gasteiger partial charge >= 0.3 is 0 Å². The maximum absolute atomic E-state index is 13.1. The molecular formula is C25H22N4O5. The highest BCUT2D eigenvalue weighted by atomic mass is 16.2. The van der Waals surface area contributed by atoms with Crippen LogP contribution in [0.4, 0.5) is 5.69 Å². The molecule has 9 heteroatoms. The highest BCUT2D eigenvalue weighted by molar-refractivity contribution is 6.26. The van der Waals surface area contributed by atoms with Gasteiger partial charge in [-0.1, -0.05) is 24.3 Å². The van der Waals surface area contributed by atoms with Gasteiger partial charge in [0.05, 0.1) is 16.8 Å². The predicted molar refractivity (Wildman–Crippen MR) is 123 cm³/mol. The molecule has 3 N–H and O–H groups in total. The van der Waals surface area contributed by atoms with E-state index < -0.39 is 29.7 Å². The maximum Gasteiger partial charge on any atom is 0.264 e. The second-order valence-electron chi connectivity index (χ2n) is 8.53. The molecule has 2 aromatic carbocycles. The van der Waals surface area contributed by atoms with Crippen LogP contribution in [0.2, 0.25) is 0 Å². The first kappa shape index (κ1) is 21.6. The number of carbonyl (C=O) groups excluding carboxylic acids is 5. The zero-order valence-electron chi connectivity index (χ0n) is 18.4. The lowest BCUT2D eigenvalue weighted by atomic mass is 10.0. The molecule has 5 amide bonds. The van der Waals surface area contributed by atoms with Crippen LogP contribution in [0.5, 0.6) is 0 Å². The van der Waals surface area contributed by atoms with Crippen molar-refractivity contribution in [2.24, 2.45) is 0 Å². The number of imide groups is 2. The number of H-pyrrole nitrogens is 1. The van der Waals surface area contributed by atoms with E-state index in [0.29, 0.717) is 6.42 Å². The molecular weight excluding hydrogens is 436 g/mol. The summed E-state index contributed by atoms with van der Waals surface area (Å²) in [5.41, 5.74) is 3.59. The summed E-state index contributed by atoms with van der Waals surface area (Å²) in [5.74, 6) is -2.67. The summed E-state index contributed by atoms with van der Waals surface area (Å²) in [4.78, 5) is 66.7. The van der Waals surface area contributed by atoms with E-state index in [9.17, 15) is 24.0 Å². The van der Waals surface area contributed by atoms with Gasteiger partial charge in [0, 0.05) is 29.9 Å². The van der Waals surface area contributed by atoms with Crippen LogP contribution >= 0.6 is 0 Å². The van der Waals surface area contributed by atoms with E-state index in [1.807, 2.05) is 31.3 Å². The van der Waals surface area contributed by atoms with Gasteiger partial charge in [0.15, 0.2) is 0 Å². The Bertz CT molecular complexity index is 1390. The standard InChI is InChI=1S/C25H22N4O5/c1-13-4-2-5-15-14(12-26-22(13)15)8-10-19(30)27-17-7-3-6-16-21(17)25(34)29(24(16)33)18-9-11-20(31)28-23(18)32/h2-7,12,18,26H,8-11H2,1H3,(H,27,30)(H,28,31,32). The average Bonchev–Trinajstić information content (AvgIpc) is 3.33. The Morgan fingerprint density at radius 3 is 2.68 bits per heavy atom. The van der Waals surface area contributed by atoms with Crippen molar-refractivity contribution >= 4 is 46.1 Å². The zero-order valence-corrected chi connectivity index (χ0v) is 18.4. The van der Waals surface area contributed by atoms with Crippen LogP contribution in [0.15, 0.2) is 42.6 Å². The molecule has 0 aliphatic carbocycles. The summed E-state index contributed by atoms with van der Waals surface area (Å²) in [5, 5.41) is 5.99. The van der Waals surface area contributed by atoms with E-state index >= 15 is 0 Å². The molecule has 1 aromatic heterocycles. The van der Waals surface area contributed by atoms with Gasteiger partial charge in [0.25, 0.3) is 11.8 Å². The van der Waals surface area contributed by atoms with E-state index in [4.69, 9.17) is 0 Å². The first-order valence-corrected chi connectivity index (χ1v) is 11.0. The van der Waals surface area contributed by atoms with E-state index in [1.165, 1.54) is 6.07 Å². The smallest absolute Gasteiger partial charge is 0.264 e. The van der Waals surface area contributed by atoms with Gasteiger partial charge in [-0.25, -0.2) is 0 Å². The molecule has 9 nitrogen and oxygen atoms in total. The van der Waals surface area contributed by atoms with Gasteiger partial charge in [0.1, 0.15) is 6.04 Å². The van der Waals surface area contributed by atoms with Gasteiger partial charge in [-0.3, -0.25) is 34.2 Å². The molecule has 2 aliphatic heterocycles. The number of amides is 5. The minimum absolute atomic E-state index is 0.0424. The van der Waals surface area contributed by atoms with Crippen molar-refractivity contribution in [3.63, 3.8) is 0 Å². The molecule has 5 rings (SSSR count). The lowest BCUT2D eigenvalue weighted by Crippen LogP contribution is -2.54. The first-order chi connectivity index (χ1) is 16.3. The number of aromatic amines is 1. The average molecular weight is 458 g/mol. The van der Waals surface area contributed by atoms with Crippen molar-refractivity contribution in [1.29, 1.82) is 0 Å². The molecule has 0 radical (unpaired) electrons. The van der Waals surface area contributed by atoms with Crippen molar-refractivity contribution in [1.82, 2.24) is 15.2 Å². The van der Waals surface area contributed by atoms with E-state index in [-0.39, 0.29) is 42.0 Å². The number of aryl methyl sites for hydroxylation is 2. The second kappa shape index (κ2) is 8.26. The van der Waals surface area contributed by atoms with Crippen LogP contribution in [0.25, 0.3) is 10.9 Å². The predicted octanol–water partition coefficient (Wildman–Crippen LogP) is 2.45. The van der Waals surface area contributed by atoms with Crippen molar-refractivity contribution in [3.05, 3.63) is 64.8 Å². The number of fused-ring (bicyclic) bond motifs is 2. The summed E-state index contributed by atoms with van der Waals surface area (Å²) < 4.78 is 0. The quantitative estimate of drug-likeness (QED) is 0.506. The minimum atomic E-state index is -1.06. The molecule has 0 saturated carbocycles. The van der Waals surface area contributed by atoms with Gasteiger partial charge < -0.3 is 10.3 Å². The lowest BCUT2D eigenvalue weighted by Gasteiger charge is -2.27. The number of benzene rings is 2. The fourth-order valence-corrected chi connectivity index (χ4v) is 4.65. The van der Waals surface area contributed by atoms with Gasteiger partial charge in [-0.05, 0) is 43.0 Å². The molecule has 34 heavy (non-hydrogen) atoms. The Labute approximate surface area is 194 Å². The number of rotatable bonds is 5. The molecule has 1 unspecified atom stereocenters. The monoisotopic (exact) mass is 458 g/mol. The van der Waals surface area contributed by atoms with Gasteiger partial charge in [-0.15, -0.1) is 0 Å². The molecule has 3 aromatic rings. The highest BCUT2D eigenvalue weighted by Gasteiger charge is 2.45. The van der Waals surface area contributed by atoms with Gasteiger partial charge in [0.2, 0.25) is 17.7 Å². The molecule has 1 fully saturated rings. The van der Waals surface area contributed by atoms with Gasteiger partial charge in [-0.2, -0.15) is 0 Å². The third kappa shape index (κ3) is 3.55. The largest absolute Gasteiger partial charge is 0.361 e. The Balaban J connectivity index is 1.33. The molecule has 172 valence electrons. The third-order valence-electron chi connectivity index (χ3n) is 6.37. The van der Waals surface area contributed by atoms with Crippen LogP contribution in [-0.2, 0) is 20.8 Å². The molecule has 1 saturated heterocycles. The Hall–Kier alpha value is -4.27. The van der Waals surface area contributed by atoms with Crippen LogP contribution in [0.3, 0.4) is 0 Å². The molecule has 3 heterocycles. The second-order valence-corrected chi connectivity index (χ2v) is 8.53. The van der Waals surface area contributed by atoms with Crippen molar-refractivity contribution in [3.8, 4) is 0 Å². The molecule has 2 aliphatic rings. The van der Waals surface area contributed by atoms with Crippen LogP contribution < -0.4 is 10.6 Å². The third-order valence-corrected chi connectivity index (χ3v) is 6.37. The fraction of sp³-hybridized carbons (Fsp3) is 0.240. The summed E-state index contributed by atoms with van der Waals surface area (Å²) in [6.45, 7) is 2.02. The lowest BCUT2D eigenvalue weighted by molar-refractivity contribution is -0.136.